The first kappa shape index (κ1) is 10.5. The second-order valence-electron chi connectivity index (χ2n) is 3.55. The normalized spacial score (nSPS) is 22.5. The highest BCUT2D eigenvalue weighted by molar-refractivity contribution is 7.99. The Kier molecular flexibility index (Phi) is 3.23. The smallest absolute Gasteiger partial charge is 0.168 e. The highest BCUT2D eigenvalue weighted by Gasteiger charge is 2.24. The Morgan fingerprint density at radius 2 is 2.60 bits per heavy atom. The summed E-state index contributed by atoms with van der Waals surface area (Å²) in [4.78, 5) is 6.59. The fourth-order valence-electron chi connectivity index (χ4n) is 1.57. The van der Waals surface area contributed by atoms with Gasteiger partial charge < -0.3 is 0 Å². The van der Waals surface area contributed by atoms with Crippen molar-refractivity contribution in [1.29, 1.82) is 5.26 Å². The van der Waals surface area contributed by atoms with E-state index in [-0.39, 0.29) is 6.04 Å². The Hall–Kier alpha value is -1.06. The Morgan fingerprint density at radius 1 is 1.73 bits per heavy atom. The summed E-state index contributed by atoms with van der Waals surface area (Å²) in [5.41, 5.74) is 0. The van der Waals surface area contributed by atoms with Gasteiger partial charge in [0.25, 0.3) is 0 Å². The van der Waals surface area contributed by atoms with Crippen LogP contribution in [0.2, 0.25) is 0 Å². The maximum atomic E-state index is 8.54. The van der Waals surface area contributed by atoms with Gasteiger partial charge in [0.2, 0.25) is 0 Å². The van der Waals surface area contributed by atoms with Crippen molar-refractivity contribution in [3.63, 3.8) is 0 Å². The van der Waals surface area contributed by atoms with Crippen molar-refractivity contribution in [2.24, 2.45) is 0 Å². The van der Waals surface area contributed by atoms with E-state index in [0.29, 0.717) is 12.2 Å². The molecule has 1 saturated heterocycles. The number of nitrogens with zero attached hydrogens (tertiary/aromatic N) is 4. The lowest BCUT2D eigenvalue weighted by molar-refractivity contribution is 0.265. The number of aromatic nitrogens is 3. The molecule has 0 amide bonds. The number of nitrogens with one attached hydrogen (secondary N) is 1. The molecule has 1 atom stereocenters. The summed E-state index contributed by atoms with van der Waals surface area (Å²) in [6.07, 6.45) is 0.302. The second kappa shape index (κ2) is 4.64. The Morgan fingerprint density at radius 3 is 3.33 bits per heavy atom. The van der Waals surface area contributed by atoms with Gasteiger partial charge in [0.15, 0.2) is 5.82 Å². The van der Waals surface area contributed by atoms with Crippen LogP contribution in [-0.2, 0) is 6.42 Å². The van der Waals surface area contributed by atoms with Gasteiger partial charge in [0.05, 0.1) is 18.5 Å². The van der Waals surface area contributed by atoms with Crippen LogP contribution in [0.15, 0.2) is 0 Å². The molecular formula is C9H13N5S. The van der Waals surface area contributed by atoms with Gasteiger partial charge in [-0.05, 0) is 7.05 Å². The molecule has 80 valence electrons. The zero-order valence-electron chi connectivity index (χ0n) is 8.60. The molecular weight excluding hydrogens is 210 g/mol. The van der Waals surface area contributed by atoms with Crippen molar-refractivity contribution in [2.75, 3.05) is 25.1 Å². The number of hydrogen-bond acceptors (Lipinski definition) is 5. The molecule has 6 heteroatoms. The Labute approximate surface area is 92.9 Å². The van der Waals surface area contributed by atoms with Gasteiger partial charge in [0, 0.05) is 18.1 Å². The van der Waals surface area contributed by atoms with Crippen molar-refractivity contribution in [2.45, 2.75) is 12.5 Å². The predicted octanol–water partition coefficient (Wildman–Crippen LogP) is 0.590. The quantitative estimate of drug-likeness (QED) is 0.794. The van der Waals surface area contributed by atoms with Gasteiger partial charge in [-0.2, -0.15) is 22.1 Å². The molecule has 15 heavy (non-hydrogen) atoms. The Balaban J connectivity index is 2.10. The highest BCUT2D eigenvalue weighted by atomic mass is 32.2. The first-order valence-corrected chi connectivity index (χ1v) is 6.03. The van der Waals surface area contributed by atoms with E-state index in [1.807, 2.05) is 11.8 Å². The van der Waals surface area contributed by atoms with Gasteiger partial charge in [-0.15, -0.1) is 0 Å². The summed E-state index contributed by atoms with van der Waals surface area (Å²) in [5, 5.41) is 15.5. The molecule has 1 aliphatic heterocycles. The van der Waals surface area contributed by atoms with E-state index < -0.39 is 0 Å². The average Bonchev–Trinajstić information content (AvgIpc) is 2.68. The van der Waals surface area contributed by atoms with Crippen molar-refractivity contribution in [3.8, 4) is 6.07 Å². The molecule has 1 aromatic heterocycles. The van der Waals surface area contributed by atoms with Gasteiger partial charge in [-0.3, -0.25) is 10.00 Å². The Bertz CT molecular complexity index is 369. The average molecular weight is 223 g/mol. The van der Waals surface area contributed by atoms with Crippen molar-refractivity contribution >= 4 is 11.8 Å². The van der Waals surface area contributed by atoms with Crippen LogP contribution in [0.1, 0.15) is 17.7 Å². The summed E-state index contributed by atoms with van der Waals surface area (Å²) >= 11 is 1.92. The van der Waals surface area contributed by atoms with E-state index in [1.165, 1.54) is 5.75 Å². The van der Waals surface area contributed by atoms with Gasteiger partial charge in [-0.1, -0.05) is 0 Å². The maximum absolute atomic E-state index is 8.54. The third-order valence-corrected chi connectivity index (χ3v) is 3.51. The van der Waals surface area contributed by atoms with Gasteiger partial charge in [-0.25, -0.2) is 4.98 Å². The lowest BCUT2D eigenvalue weighted by Gasteiger charge is -2.29. The fraction of sp³-hybridized carbons (Fsp3) is 0.667. The van der Waals surface area contributed by atoms with Crippen LogP contribution in [0.5, 0.6) is 0 Å². The van der Waals surface area contributed by atoms with E-state index >= 15 is 0 Å². The predicted molar refractivity (Wildman–Crippen MR) is 58.4 cm³/mol. The topological polar surface area (TPSA) is 68.6 Å². The van der Waals surface area contributed by atoms with Crippen LogP contribution in [-0.4, -0.2) is 45.2 Å². The maximum Gasteiger partial charge on any atom is 0.168 e. The third kappa shape index (κ3) is 2.30. The summed E-state index contributed by atoms with van der Waals surface area (Å²) in [6, 6.07) is 2.34. The molecule has 1 aliphatic rings. The van der Waals surface area contributed by atoms with Crippen molar-refractivity contribution in [1.82, 2.24) is 20.1 Å². The van der Waals surface area contributed by atoms with Crippen LogP contribution >= 0.6 is 11.8 Å². The molecule has 2 rings (SSSR count). The van der Waals surface area contributed by atoms with Crippen LogP contribution < -0.4 is 0 Å². The molecule has 2 heterocycles. The van der Waals surface area contributed by atoms with Crippen molar-refractivity contribution < 1.29 is 0 Å². The first-order chi connectivity index (χ1) is 7.31. The SMILES string of the molecule is CN1CCSCC1c1n[nH]c(CC#N)n1. The standard InChI is InChI=1S/C9H13N5S/c1-14-4-5-15-6-7(14)9-11-8(2-3-10)12-13-9/h7H,2,4-6H2,1H3,(H,11,12,13). The number of rotatable bonds is 2. The van der Waals surface area contributed by atoms with Crippen LogP contribution in [0.25, 0.3) is 0 Å². The lowest BCUT2D eigenvalue weighted by atomic mass is 10.3. The number of H-pyrrole nitrogens is 1. The molecule has 0 aromatic carbocycles. The molecule has 0 bridgehead atoms. The van der Waals surface area contributed by atoms with E-state index in [2.05, 4.69) is 33.2 Å². The lowest BCUT2D eigenvalue weighted by Crippen LogP contribution is -2.33. The van der Waals surface area contributed by atoms with Gasteiger partial charge >= 0.3 is 0 Å². The first-order valence-electron chi connectivity index (χ1n) is 4.87. The van der Waals surface area contributed by atoms with E-state index in [4.69, 9.17) is 5.26 Å². The number of aromatic amines is 1. The van der Waals surface area contributed by atoms with Gasteiger partial charge in [0.1, 0.15) is 5.82 Å². The van der Waals surface area contributed by atoms with Crippen LogP contribution in [0, 0.1) is 11.3 Å². The van der Waals surface area contributed by atoms with Crippen molar-refractivity contribution in [3.05, 3.63) is 11.6 Å². The molecule has 0 radical (unpaired) electrons. The molecule has 5 nitrogen and oxygen atoms in total. The van der Waals surface area contributed by atoms with E-state index in [9.17, 15) is 0 Å². The minimum absolute atomic E-state index is 0.285. The summed E-state index contributed by atoms with van der Waals surface area (Å²) in [7, 11) is 2.09. The molecule has 1 unspecified atom stereocenters. The summed E-state index contributed by atoms with van der Waals surface area (Å²) in [5.74, 6) is 3.68. The third-order valence-electron chi connectivity index (χ3n) is 2.49. The van der Waals surface area contributed by atoms with E-state index in [1.54, 1.807) is 0 Å². The fourth-order valence-corrected chi connectivity index (χ4v) is 2.78. The molecule has 0 saturated carbocycles. The zero-order valence-corrected chi connectivity index (χ0v) is 9.42. The minimum atomic E-state index is 0.285. The second-order valence-corrected chi connectivity index (χ2v) is 4.70. The molecule has 0 spiro atoms. The van der Waals surface area contributed by atoms with E-state index in [0.717, 1.165) is 18.1 Å². The summed E-state index contributed by atoms with van der Waals surface area (Å²) < 4.78 is 0. The molecule has 1 N–H and O–H groups in total. The highest BCUT2D eigenvalue weighted by Crippen LogP contribution is 2.25. The summed E-state index contributed by atoms with van der Waals surface area (Å²) in [6.45, 7) is 1.07. The molecule has 1 fully saturated rings. The molecule has 1 aromatic rings. The molecule has 0 aliphatic carbocycles. The minimum Gasteiger partial charge on any atom is -0.295 e. The van der Waals surface area contributed by atoms with Crippen LogP contribution in [0.4, 0.5) is 0 Å². The van der Waals surface area contributed by atoms with Crippen LogP contribution in [0.3, 0.4) is 0 Å². The number of hydrogen-bond donors (Lipinski definition) is 1. The largest absolute Gasteiger partial charge is 0.295 e. The number of nitriles is 1. The number of thioether (sulfide) groups is 1. The zero-order chi connectivity index (χ0) is 10.7. The monoisotopic (exact) mass is 223 g/mol.